The molecule has 134 valence electrons. The van der Waals surface area contributed by atoms with Crippen LogP contribution >= 0.6 is 23.1 Å². The first-order valence-corrected chi connectivity index (χ1v) is 9.07. The third-order valence-electron chi connectivity index (χ3n) is 2.95. The Kier molecular flexibility index (Phi) is 8.26. The van der Waals surface area contributed by atoms with Gasteiger partial charge in [0.2, 0.25) is 17.6 Å². The Labute approximate surface area is 145 Å². The van der Waals surface area contributed by atoms with Crippen molar-refractivity contribution in [2.24, 2.45) is 5.73 Å². The fourth-order valence-corrected chi connectivity index (χ4v) is 3.28. The van der Waals surface area contributed by atoms with Gasteiger partial charge in [0.1, 0.15) is 6.04 Å². The Bertz CT molecular complexity index is 562. The van der Waals surface area contributed by atoms with Gasteiger partial charge in [-0.2, -0.15) is 36.3 Å². The van der Waals surface area contributed by atoms with Crippen LogP contribution in [0.1, 0.15) is 18.4 Å². The fourth-order valence-electron chi connectivity index (χ4n) is 1.75. The standard InChI is InChI=1S/C14H17F3N2O3S2/c15-14(16,17)11(20)8-23-4-1-2-10(13(18)22)19-12(21)6-9-3-5-24-7-9/h3,5,7,10H,1-2,4,6,8H2,(H2,18,22)(H,19,21)/t10-/m0/s1. The van der Waals surface area contributed by atoms with Crippen LogP contribution in [0.4, 0.5) is 13.2 Å². The number of carbonyl (C=O) groups excluding carboxylic acids is 3. The molecule has 1 atom stereocenters. The third-order valence-corrected chi connectivity index (χ3v) is 4.73. The van der Waals surface area contributed by atoms with Crippen molar-refractivity contribution in [2.45, 2.75) is 31.5 Å². The van der Waals surface area contributed by atoms with Crippen LogP contribution < -0.4 is 11.1 Å². The Balaban J connectivity index is 2.29. The van der Waals surface area contributed by atoms with Gasteiger partial charge in [-0.05, 0) is 41.0 Å². The number of thioether (sulfide) groups is 1. The lowest BCUT2D eigenvalue weighted by Crippen LogP contribution is -2.45. The van der Waals surface area contributed by atoms with Crippen molar-refractivity contribution in [1.82, 2.24) is 5.32 Å². The predicted molar refractivity (Wildman–Crippen MR) is 86.8 cm³/mol. The number of hydrogen-bond donors (Lipinski definition) is 2. The summed E-state index contributed by atoms with van der Waals surface area (Å²) < 4.78 is 36.1. The van der Waals surface area contributed by atoms with Crippen LogP contribution in [-0.2, 0) is 20.8 Å². The number of ketones is 1. The molecule has 1 aromatic rings. The Morgan fingerprint density at radius 3 is 2.58 bits per heavy atom. The van der Waals surface area contributed by atoms with E-state index in [0.29, 0.717) is 6.42 Å². The van der Waals surface area contributed by atoms with Crippen LogP contribution in [-0.4, -0.2) is 41.3 Å². The number of nitrogens with two attached hydrogens (primary N) is 1. The molecule has 2 amide bonds. The van der Waals surface area contributed by atoms with Gasteiger partial charge in [-0.3, -0.25) is 14.4 Å². The van der Waals surface area contributed by atoms with Gasteiger partial charge in [-0.15, -0.1) is 0 Å². The average molecular weight is 382 g/mol. The highest BCUT2D eigenvalue weighted by Crippen LogP contribution is 2.19. The lowest BCUT2D eigenvalue weighted by atomic mass is 10.1. The number of halogens is 3. The van der Waals surface area contributed by atoms with Crippen LogP contribution in [0.25, 0.3) is 0 Å². The molecular formula is C14H17F3N2O3S2. The van der Waals surface area contributed by atoms with Crippen molar-refractivity contribution in [1.29, 1.82) is 0 Å². The van der Waals surface area contributed by atoms with E-state index in [4.69, 9.17) is 5.73 Å². The zero-order chi connectivity index (χ0) is 18.2. The summed E-state index contributed by atoms with van der Waals surface area (Å²) in [6.07, 6.45) is -4.14. The Morgan fingerprint density at radius 2 is 2.04 bits per heavy atom. The van der Waals surface area contributed by atoms with Gasteiger partial charge < -0.3 is 11.1 Å². The van der Waals surface area contributed by atoms with Gasteiger partial charge in [0.15, 0.2) is 0 Å². The molecule has 0 saturated heterocycles. The van der Waals surface area contributed by atoms with Crippen molar-refractivity contribution in [3.8, 4) is 0 Å². The average Bonchev–Trinajstić information content (AvgIpc) is 2.96. The van der Waals surface area contributed by atoms with E-state index in [9.17, 15) is 27.6 Å². The first kappa shape index (κ1) is 20.5. The maximum absolute atomic E-state index is 12.0. The molecule has 24 heavy (non-hydrogen) atoms. The minimum atomic E-state index is -4.82. The highest BCUT2D eigenvalue weighted by molar-refractivity contribution is 7.99. The van der Waals surface area contributed by atoms with Crippen LogP contribution in [0.2, 0.25) is 0 Å². The van der Waals surface area contributed by atoms with E-state index in [0.717, 1.165) is 17.3 Å². The molecule has 5 nitrogen and oxygen atoms in total. The zero-order valence-corrected chi connectivity index (χ0v) is 14.2. The summed E-state index contributed by atoms with van der Waals surface area (Å²) >= 11 is 2.28. The van der Waals surface area contributed by atoms with Crippen molar-refractivity contribution >= 4 is 40.7 Å². The molecule has 0 saturated carbocycles. The molecule has 0 unspecified atom stereocenters. The molecule has 0 aliphatic carbocycles. The monoisotopic (exact) mass is 382 g/mol. The van der Waals surface area contributed by atoms with Gasteiger partial charge in [-0.1, -0.05) is 0 Å². The minimum Gasteiger partial charge on any atom is -0.368 e. The lowest BCUT2D eigenvalue weighted by Gasteiger charge is -2.15. The summed E-state index contributed by atoms with van der Waals surface area (Å²) in [5, 5.41) is 6.15. The maximum Gasteiger partial charge on any atom is 0.450 e. The van der Waals surface area contributed by atoms with Gasteiger partial charge in [0, 0.05) is 0 Å². The number of carbonyl (C=O) groups is 3. The number of Topliss-reactive ketones (excluding diaryl/α,β-unsaturated/α-hetero) is 1. The lowest BCUT2D eigenvalue weighted by molar-refractivity contribution is -0.167. The highest BCUT2D eigenvalue weighted by atomic mass is 32.2. The van der Waals surface area contributed by atoms with E-state index in [1.165, 1.54) is 11.3 Å². The molecule has 1 heterocycles. The van der Waals surface area contributed by atoms with E-state index >= 15 is 0 Å². The van der Waals surface area contributed by atoms with Crippen LogP contribution in [0.3, 0.4) is 0 Å². The summed E-state index contributed by atoms with van der Waals surface area (Å²) in [6.45, 7) is 0. The Morgan fingerprint density at radius 1 is 1.33 bits per heavy atom. The molecule has 10 heteroatoms. The van der Waals surface area contributed by atoms with E-state index in [1.54, 1.807) is 6.07 Å². The first-order chi connectivity index (χ1) is 11.2. The molecule has 0 aromatic carbocycles. The number of primary amides is 1. The van der Waals surface area contributed by atoms with Gasteiger partial charge in [0.05, 0.1) is 12.2 Å². The summed E-state index contributed by atoms with van der Waals surface area (Å²) in [5.74, 6) is -3.24. The molecule has 0 aliphatic rings. The number of hydrogen-bond acceptors (Lipinski definition) is 5. The molecule has 0 spiro atoms. The largest absolute Gasteiger partial charge is 0.450 e. The smallest absolute Gasteiger partial charge is 0.368 e. The second kappa shape index (κ2) is 9.67. The van der Waals surface area contributed by atoms with E-state index in [1.807, 2.05) is 10.8 Å². The molecular weight excluding hydrogens is 365 g/mol. The fraction of sp³-hybridized carbons (Fsp3) is 0.500. The first-order valence-electron chi connectivity index (χ1n) is 6.97. The second-order valence-electron chi connectivity index (χ2n) is 4.95. The van der Waals surface area contributed by atoms with Crippen molar-refractivity contribution in [3.63, 3.8) is 0 Å². The summed E-state index contributed by atoms with van der Waals surface area (Å²) in [7, 11) is 0. The molecule has 0 aliphatic heterocycles. The van der Waals surface area contributed by atoms with E-state index in [2.05, 4.69) is 5.32 Å². The second-order valence-corrected chi connectivity index (χ2v) is 6.83. The topological polar surface area (TPSA) is 89.3 Å². The van der Waals surface area contributed by atoms with E-state index in [-0.39, 0.29) is 24.5 Å². The van der Waals surface area contributed by atoms with Gasteiger partial charge in [-0.25, -0.2) is 0 Å². The summed E-state index contributed by atoms with van der Waals surface area (Å²) in [6, 6.07) is 0.910. The summed E-state index contributed by atoms with van der Waals surface area (Å²) in [5.41, 5.74) is 6.04. The molecule has 0 fully saturated rings. The Hall–Kier alpha value is -1.55. The zero-order valence-electron chi connectivity index (χ0n) is 12.6. The minimum absolute atomic E-state index is 0.127. The summed E-state index contributed by atoms with van der Waals surface area (Å²) in [4.78, 5) is 33.9. The molecule has 1 aromatic heterocycles. The van der Waals surface area contributed by atoms with Crippen molar-refractivity contribution in [2.75, 3.05) is 11.5 Å². The number of nitrogens with one attached hydrogen (secondary N) is 1. The molecule has 0 radical (unpaired) electrons. The van der Waals surface area contributed by atoms with Crippen molar-refractivity contribution < 1.29 is 27.6 Å². The van der Waals surface area contributed by atoms with Crippen LogP contribution in [0.15, 0.2) is 16.8 Å². The molecule has 1 rings (SSSR count). The SMILES string of the molecule is NC(=O)[C@H](CCCSCC(=O)C(F)(F)F)NC(=O)Cc1ccsc1. The van der Waals surface area contributed by atoms with Gasteiger partial charge in [0.25, 0.3) is 0 Å². The highest BCUT2D eigenvalue weighted by Gasteiger charge is 2.37. The third kappa shape index (κ3) is 7.82. The number of thiophene rings is 1. The van der Waals surface area contributed by atoms with E-state index < -0.39 is 29.7 Å². The number of amides is 2. The van der Waals surface area contributed by atoms with Crippen LogP contribution in [0.5, 0.6) is 0 Å². The van der Waals surface area contributed by atoms with Crippen LogP contribution in [0, 0.1) is 0 Å². The molecule has 3 N–H and O–H groups in total. The number of alkyl halides is 3. The normalized spacial score (nSPS) is 12.6. The maximum atomic E-state index is 12.0. The predicted octanol–water partition coefficient (Wildman–Crippen LogP) is 1.91. The van der Waals surface area contributed by atoms with Crippen molar-refractivity contribution in [3.05, 3.63) is 22.4 Å². The quantitative estimate of drug-likeness (QED) is 0.605. The van der Waals surface area contributed by atoms with Gasteiger partial charge >= 0.3 is 6.18 Å². The molecule has 0 bridgehead atoms. The number of rotatable bonds is 10.